The highest BCUT2D eigenvalue weighted by atomic mass is 19.4. The van der Waals surface area contributed by atoms with E-state index in [9.17, 15) is 39.5 Å². The van der Waals surface area contributed by atoms with E-state index in [-0.39, 0.29) is 26.4 Å². The summed E-state index contributed by atoms with van der Waals surface area (Å²) in [6.07, 6.45) is -20.3. The average Bonchev–Trinajstić information content (AvgIpc) is 2.44. The van der Waals surface area contributed by atoms with Gasteiger partial charge in [-0.2, -0.15) is 39.5 Å². The number of halogens is 9. The Hall–Kier alpha value is -0.830. The van der Waals surface area contributed by atoms with E-state index in [1.54, 1.807) is 0 Å². The molecule has 0 saturated heterocycles. The van der Waals surface area contributed by atoms with E-state index in [4.69, 9.17) is 15.2 Å². The maximum atomic E-state index is 12.5. The molecule has 0 radical (unpaired) electrons. The van der Waals surface area contributed by atoms with Gasteiger partial charge in [0.25, 0.3) is 0 Å². The first-order chi connectivity index (χ1) is 11.8. The average molecular weight is 411 g/mol. The van der Waals surface area contributed by atoms with E-state index >= 15 is 0 Å². The van der Waals surface area contributed by atoms with Crippen LogP contribution in [0.25, 0.3) is 0 Å². The molecule has 26 heavy (non-hydrogen) atoms. The summed E-state index contributed by atoms with van der Waals surface area (Å²) in [4.78, 5) is 0. The van der Waals surface area contributed by atoms with E-state index in [2.05, 4.69) is 9.47 Å². The van der Waals surface area contributed by atoms with E-state index < -0.39 is 37.3 Å². The predicted molar refractivity (Wildman–Crippen MR) is 68.4 cm³/mol. The Labute approximate surface area is 142 Å². The number of hydrogen-bond acceptors (Lipinski definition) is 5. The van der Waals surface area contributed by atoms with Crippen molar-refractivity contribution in [3.05, 3.63) is 0 Å². The van der Waals surface area contributed by atoms with E-state index in [1.165, 1.54) is 0 Å². The Morgan fingerprint density at radius 3 is 1.12 bits per heavy atom. The molecular formula is C12H18F9NO4. The number of alkyl halides is 9. The van der Waals surface area contributed by atoms with Crippen LogP contribution in [0.5, 0.6) is 0 Å². The van der Waals surface area contributed by atoms with Gasteiger partial charge in [0.05, 0.1) is 46.2 Å². The van der Waals surface area contributed by atoms with Crippen molar-refractivity contribution in [1.29, 1.82) is 0 Å². The SMILES string of the molecule is NCCOCCOCCOCCOC(C(F)(F)F)(C(F)(F)F)C(F)(F)F. The quantitative estimate of drug-likeness (QED) is 0.395. The predicted octanol–water partition coefficient (Wildman–Crippen LogP) is 2.44. The molecule has 0 aliphatic rings. The first-order valence-electron chi connectivity index (χ1n) is 7.08. The monoisotopic (exact) mass is 411 g/mol. The van der Waals surface area contributed by atoms with Crippen LogP contribution in [0.3, 0.4) is 0 Å². The zero-order chi connectivity index (χ0) is 20.5. The summed E-state index contributed by atoms with van der Waals surface area (Å²) in [6.45, 7) is -1.97. The summed E-state index contributed by atoms with van der Waals surface area (Å²) in [5, 5.41) is 0. The molecule has 5 nitrogen and oxygen atoms in total. The molecule has 0 saturated carbocycles. The fraction of sp³-hybridized carbons (Fsp3) is 1.00. The zero-order valence-electron chi connectivity index (χ0n) is 13.3. The van der Waals surface area contributed by atoms with E-state index in [1.807, 2.05) is 0 Å². The van der Waals surface area contributed by atoms with Crippen molar-refractivity contribution in [2.75, 3.05) is 52.8 Å². The summed E-state index contributed by atoms with van der Waals surface area (Å²) in [6, 6.07) is 0. The van der Waals surface area contributed by atoms with Crippen LogP contribution >= 0.6 is 0 Å². The van der Waals surface area contributed by atoms with Gasteiger partial charge >= 0.3 is 24.1 Å². The second-order valence-corrected chi connectivity index (χ2v) is 4.65. The number of hydrogen-bond donors (Lipinski definition) is 1. The van der Waals surface area contributed by atoms with Crippen LogP contribution in [0, 0.1) is 0 Å². The lowest BCUT2D eigenvalue weighted by molar-refractivity contribution is -0.457. The number of rotatable bonds is 12. The van der Waals surface area contributed by atoms with Crippen molar-refractivity contribution < 1.29 is 58.5 Å². The summed E-state index contributed by atoms with van der Waals surface area (Å²) in [7, 11) is 0. The third-order valence-electron chi connectivity index (χ3n) is 2.75. The molecule has 14 heteroatoms. The van der Waals surface area contributed by atoms with Gasteiger partial charge in [-0.05, 0) is 0 Å². The minimum absolute atomic E-state index is 0.102. The molecule has 0 unspecified atom stereocenters. The zero-order valence-corrected chi connectivity index (χ0v) is 13.3. The largest absolute Gasteiger partial charge is 0.435 e. The van der Waals surface area contributed by atoms with Gasteiger partial charge in [-0.15, -0.1) is 0 Å². The van der Waals surface area contributed by atoms with Gasteiger partial charge in [0.1, 0.15) is 0 Å². The minimum atomic E-state index is -6.75. The highest BCUT2D eigenvalue weighted by Crippen LogP contribution is 2.54. The van der Waals surface area contributed by atoms with Gasteiger partial charge in [-0.25, -0.2) is 0 Å². The van der Waals surface area contributed by atoms with Gasteiger partial charge in [-0.3, -0.25) is 0 Å². The third-order valence-corrected chi connectivity index (χ3v) is 2.75. The summed E-state index contributed by atoms with van der Waals surface area (Å²) < 4.78 is 130. The van der Waals surface area contributed by atoms with E-state index in [0.29, 0.717) is 13.2 Å². The van der Waals surface area contributed by atoms with Crippen molar-refractivity contribution in [2.45, 2.75) is 24.1 Å². The summed E-state index contributed by atoms with van der Waals surface area (Å²) >= 11 is 0. The van der Waals surface area contributed by atoms with Crippen molar-refractivity contribution in [3.63, 3.8) is 0 Å². The lowest BCUT2D eigenvalue weighted by Gasteiger charge is -2.37. The lowest BCUT2D eigenvalue weighted by Crippen LogP contribution is -2.68. The first-order valence-corrected chi connectivity index (χ1v) is 7.08. The van der Waals surface area contributed by atoms with Crippen LogP contribution in [0.15, 0.2) is 0 Å². The summed E-state index contributed by atoms with van der Waals surface area (Å²) in [5.74, 6) is 0. The van der Waals surface area contributed by atoms with E-state index in [0.717, 1.165) is 0 Å². The Morgan fingerprint density at radius 1 is 0.500 bits per heavy atom. The molecule has 0 atom stereocenters. The van der Waals surface area contributed by atoms with Crippen LogP contribution in [0.4, 0.5) is 39.5 Å². The maximum absolute atomic E-state index is 12.5. The fourth-order valence-corrected chi connectivity index (χ4v) is 1.61. The van der Waals surface area contributed by atoms with Gasteiger partial charge in [0.15, 0.2) is 0 Å². The standard InChI is InChI=1S/C12H18F9NO4/c13-10(14,15)9(11(16,17)18,12(19,20)21)26-8-7-25-6-5-24-4-3-23-2-1-22/h1-8,22H2. The normalized spacial score (nSPS) is 14.1. The third kappa shape index (κ3) is 7.06. The molecular weight excluding hydrogens is 393 g/mol. The van der Waals surface area contributed by atoms with Crippen molar-refractivity contribution in [1.82, 2.24) is 0 Å². The molecule has 158 valence electrons. The second kappa shape index (κ2) is 10.5. The Balaban J connectivity index is 4.38. The highest BCUT2D eigenvalue weighted by molar-refractivity contribution is 5.02. The topological polar surface area (TPSA) is 62.9 Å². The Morgan fingerprint density at radius 2 is 0.808 bits per heavy atom. The van der Waals surface area contributed by atoms with Crippen molar-refractivity contribution >= 4 is 0 Å². The van der Waals surface area contributed by atoms with Crippen LogP contribution in [0.1, 0.15) is 0 Å². The van der Waals surface area contributed by atoms with Crippen molar-refractivity contribution in [2.24, 2.45) is 5.73 Å². The Bertz CT molecular complexity index is 348. The number of ether oxygens (including phenoxy) is 4. The minimum Gasteiger partial charge on any atom is -0.378 e. The van der Waals surface area contributed by atoms with Crippen molar-refractivity contribution in [3.8, 4) is 0 Å². The molecule has 0 aromatic heterocycles. The molecule has 2 N–H and O–H groups in total. The number of nitrogens with two attached hydrogens (primary N) is 1. The van der Waals surface area contributed by atoms with Gasteiger partial charge < -0.3 is 24.7 Å². The molecule has 0 fully saturated rings. The molecule has 0 rings (SSSR count). The molecule has 0 amide bonds. The lowest BCUT2D eigenvalue weighted by atomic mass is 10.0. The maximum Gasteiger partial charge on any atom is 0.435 e. The van der Waals surface area contributed by atoms with Gasteiger partial charge in [0, 0.05) is 6.54 Å². The molecule has 0 aliphatic carbocycles. The smallest absolute Gasteiger partial charge is 0.378 e. The van der Waals surface area contributed by atoms with Crippen LogP contribution in [-0.4, -0.2) is 76.9 Å². The van der Waals surface area contributed by atoms with Crippen LogP contribution < -0.4 is 5.73 Å². The molecule has 0 bridgehead atoms. The fourth-order valence-electron chi connectivity index (χ4n) is 1.61. The van der Waals surface area contributed by atoms with Crippen LogP contribution in [-0.2, 0) is 18.9 Å². The molecule has 0 aromatic rings. The molecule has 0 aliphatic heterocycles. The summed E-state index contributed by atoms with van der Waals surface area (Å²) in [5.41, 5.74) is -1.14. The van der Waals surface area contributed by atoms with Gasteiger partial charge in [0.2, 0.25) is 0 Å². The molecule has 0 aromatic carbocycles. The highest BCUT2D eigenvalue weighted by Gasteiger charge is 2.85. The molecule has 0 heterocycles. The first kappa shape index (κ1) is 25.2. The second-order valence-electron chi connectivity index (χ2n) is 4.65. The van der Waals surface area contributed by atoms with Crippen LogP contribution in [0.2, 0.25) is 0 Å². The molecule has 0 spiro atoms. The Kier molecular flexibility index (Phi) is 10.2. The van der Waals surface area contributed by atoms with Gasteiger partial charge in [-0.1, -0.05) is 0 Å².